The van der Waals surface area contributed by atoms with Crippen LogP contribution in [0.2, 0.25) is 0 Å². The van der Waals surface area contributed by atoms with E-state index < -0.39 is 14.5 Å². The van der Waals surface area contributed by atoms with Crippen LogP contribution in [0, 0.1) is 0 Å². The maximum absolute atomic E-state index is 2.80. The first kappa shape index (κ1) is 33.6. The summed E-state index contributed by atoms with van der Waals surface area (Å²) in [6.07, 6.45) is 47.6. The molecule has 45 heavy (non-hydrogen) atoms. The molecule has 0 heterocycles. The summed E-state index contributed by atoms with van der Waals surface area (Å²) in [6.45, 7) is 0. The maximum atomic E-state index is 2.80. The smallest absolute Gasteiger partial charge is 0.0622 e. The van der Waals surface area contributed by atoms with Crippen molar-refractivity contribution in [1.29, 1.82) is 0 Å². The summed E-state index contributed by atoms with van der Waals surface area (Å²) in [7, 11) is -2.65. The Morgan fingerprint density at radius 3 is 0.756 bits per heavy atom. The molecule has 0 bridgehead atoms. The molecule has 1 aromatic rings. The molecule has 2 heteroatoms. The lowest BCUT2D eigenvalue weighted by atomic mass is 9.98. The van der Waals surface area contributed by atoms with Crippen molar-refractivity contribution < 1.29 is 0 Å². The lowest BCUT2D eigenvalue weighted by Crippen LogP contribution is -2.45. The van der Waals surface area contributed by atoms with E-state index in [0.717, 1.165) is 39.4 Å². The second kappa shape index (κ2) is 16.2. The minimum Gasteiger partial charge on any atom is -0.0622 e. The van der Waals surface area contributed by atoms with Crippen molar-refractivity contribution in [2.45, 2.75) is 232 Å². The lowest BCUT2D eigenvalue weighted by Gasteiger charge is -2.59. The van der Waals surface area contributed by atoms with Gasteiger partial charge >= 0.3 is 0 Å². The number of hydrogen-bond donors (Lipinski definition) is 0. The molecule has 0 aliphatic heterocycles. The molecule has 6 aliphatic rings. The van der Waals surface area contributed by atoms with Crippen LogP contribution in [-0.4, -0.2) is 34.0 Å². The van der Waals surface area contributed by atoms with Gasteiger partial charge in [0.25, 0.3) is 0 Å². The van der Waals surface area contributed by atoms with Crippen LogP contribution in [0.5, 0.6) is 0 Å². The first-order valence-corrected chi connectivity index (χ1v) is 25.3. The fourth-order valence-corrected chi connectivity index (χ4v) is 34.7. The molecule has 0 spiro atoms. The fourth-order valence-electron chi connectivity index (χ4n) is 13.6. The Morgan fingerprint density at radius 2 is 0.533 bits per heavy atom. The highest BCUT2D eigenvalue weighted by atomic mass is 31.2. The predicted molar refractivity (Wildman–Crippen MR) is 204 cm³/mol. The van der Waals surface area contributed by atoms with Crippen molar-refractivity contribution in [3.63, 3.8) is 0 Å². The van der Waals surface area contributed by atoms with E-state index in [1.54, 1.807) is 154 Å². The second-order valence-electron chi connectivity index (χ2n) is 17.3. The second-order valence-corrected chi connectivity index (χ2v) is 26.7. The Hall–Kier alpha value is 0.0800. The normalized spacial score (nSPS) is 27.2. The summed E-state index contributed by atoms with van der Waals surface area (Å²) in [5.41, 5.74) is 8.62. The largest absolute Gasteiger partial charge is 0.194 e. The van der Waals surface area contributed by atoms with Crippen molar-refractivity contribution in [3.05, 3.63) is 35.9 Å². The van der Waals surface area contributed by atoms with Gasteiger partial charge in [-0.3, -0.25) is 0 Å². The highest BCUT2D eigenvalue weighted by Crippen LogP contribution is 2.99. The van der Waals surface area contributed by atoms with Gasteiger partial charge in [0.1, 0.15) is 0 Å². The first-order chi connectivity index (χ1) is 22.4. The lowest BCUT2D eigenvalue weighted by molar-refractivity contribution is 0.439. The number of benzene rings is 1. The molecule has 6 saturated carbocycles. The van der Waals surface area contributed by atoms with Crippen LogP contribution in [-0.2, 0) is 0 Å². The molecular formula is C43H72P2+2. The molecule has 6 fully saturated rings. The molecule has 0 amide bonds. The molecule has 0 saturated heterocycles. The Bertz CT molecular complexity index is 829. The molecule has 0 radical (unpaired) electrons. The van der Waals surface area contributed by atoms with E-state index in [2.05, 4.69) is 30.3 Å². The summed E-state index contributed by atoms with van der Waals surface area (Å²) in [4.78, 5) is 0. The molecule has 0 atom stereocenters. The van der Waals surface area contributed by atoms with Crippen molar-refractivity contribution in [2.24, 2.45) is 0 Å². The molecule has 0 N–H and O–H groups in total. The van der Waals surface area contributed by atoms with E-state index in [9.17, 15) is 0 Å². The van der Waals surface area contributed by atoms with Gasteiger partial charge in [0, 0.05) is 5.56 Å². The van der Waals surface area contributed by atoms with E-state index in [4.69, 9.17) is 0 Å². The van der Waals surface area contributed by atoms with Crippen LogP contribution in [0.3, 0.4) is 0 Å². The Morgan fingerprint density at radius 1 is 0.311 bits per heavy atom. The standard InChI is InChI=1S/C43H72P2/c1-8-22-36(23-9-1)43(44(37-24-10-2-11-25-37,38-26-12-3-13-27-38)39-28-14-4-15-29-39)45(40-30-16-5-17-31-40,41-32-18-6-19-33-41)42-34-20-7-21-35-42/h1,8-9,22-23,37-43H,2-7,10-21,24-35H2/q+2. The highest BCUT2D eigenvalue weighted by Gasteiger charge is 2.75. The summed E-state index contributed by atoms with van der Waals surface area (Å²) < 4.78 is 0. The van der Waals surface area contributed by atoms with Crippen molar-refractivity contribution in [2.75, 3.05) is 0 Å². The molecule has 0 unspecified atom stereocenters. The average Bonchev–Trinajstić information content (AvgIpc) is 3.14. The molecule has 1 aromatic carbocycles. The van der Waals surface area contributed by atoms with E-state index in [1.807, 2.05) is 5.56 Å². The van der Waals surface area contributed by atoms with Gasteiger partial charge in [0.15, 0.2) is 5.40 Å². The predicted octanol–water partition coefficient (Wildman–Crippen LogP) is 14.7. The van der Waals surface area contributed by atoms with Crippen molar-refractivity contribution >= 4 is 14.5 Å². The quantitative estimate of drug-likeness (QED) is 0.233. The fraction of sp³-hybridized carbons (Fsp3) is 0.860. The van der Waals surface area contributed by atoms with Crippen LogP contribution in [0.15, 0.2) is 30.3 Å². The number of rotatable bonds is 9. The van der Waals surface area contributed by atoms with Gasteiger partial charge in [0.05, 0.1) is 48.5 Å². The van der Waals surface area contributed by atoms with Crippen LogP contribution < -0.4 is 0 Å². The Balaban J connectivity index is 1.53. The Labute approximate surface area is 281 Å². The monoisotopic (exact) mass is 651 g/mol. The van der Waals surface area contributed by atoms with Gasteiger partial charge in [0.2, 0.25) is 0 Å². The molecule has 6 aliphatic carbocycles. The average molecular weight is 651 g/mol. The first-order valence-electron chi connectivity index (χ1n) is 21.2. The van der Waals surface area contributed by atoms with Gasteiger partial charge in [-0.15, -0.1) is 0 Å². The molecule has 0 aromatic heterocycles. The van der Waals surface area contributed by atoms with Crippen LogP contribution in [0.1, 0.15) is 204 Å². The zero-order chi connectivity index (χ0) is 30.4. The summed E-state index contributed by atoms with van der Waals surface area (Å²) in [5, 5.41) is 1.02. The van der Waals surface area contributed by atoms with E-state index in [0.29, 0.717) is 0 Å². The van der Waals surface area contributed by atoms with Gasteiger partial charge < -0.3 is 0 Å². The van der Waals surface area contributed by atoms with Gasteiger partial charge in [-0.1, -0.05) is 68.9 Å². The van der Waals surface area contributed by atoms with Crippen molar-refractivity contribution in [1.82, 2.24) is 0 Å². The highest BCUT2D eigenvalue weighted by molar-refractivity contribution is 7.94. The van der Waals surface area contributed by atoms with Crippen LogP contribution in [0.4, 0.5) is 0 Å². The Kier molecular flexibility index (Phi) is 12.1. The van der Waals surface area contributed by atoms with Gasteiger partial charge in [-0.05, 0) is 154 Å². The summed E-state index contributed by atoms with van der Waals surface area (Å²) in [5.74, 6) is 0. The van der Waals surface area contributed by atoms with Gasteiger partial charge in [-0.2, -0.15) is 0 Å². The SMILES string of the molecule is c1ccc(C([P+](C2CCCCC2)(C2CCCCC2)C2CCCCC2)[P+](C2CCCCC2)(C2CCCCC2)C2CCCCC2)cc1. The third kappa shape index (κ3) is 6.68. The summed E-state index contributed by atoms with van der Waals surface area (Å²) in [6, 6.07) is 13.1. The van der Waals surface area contributed by atoms with Crippen LogP contribution >= 0.6 is 14.5 Å². The summed E-state index contributed by atoms with van der Waals surface area (Å²) >= 11 is 0. The minimum atomic E-state index is -1.33. The third-order valence-corrected chi connectivity index (χ3v) is 30.6. The zero-order valence-corrected chi connectivity index (χ0v) is 31.3. The third-order valence-electron chi connectivity index (χ3n) is 15.2. The topological polar surface area (TPSA) is 0 Å². The molecule has 0 nitrogen and oxygen atoms in total. The van der Waals surface area contributed by atoms with Gasteiger partial charge in [-0.25, -0.2) is 0 Å². The zero-order valence-electron chi connectivity index (χ0n) is 29.5. The minimum absolute atomic E-state index is 1.02. The van der Waals surface area contributed by atoms with E-state index in [1.165, 1.54) is 38.5 Å². The molecular weight excluding hydrogens is 578 g/mol. The maximum Gasteiger partial charge on any atom is 0.194 e. The molecule has 7 rings (SSSR count). The van der Waals surface area contributed by atoms with Crippen molar-refractivity contribution in [3.8, 4) is 0 Å². The number of hydrogen-bond acceptors (Lipinski definition) is 0. The van der Waals surface area contributed by atoms with E-state index >= 15 is 0 Å². The van der Waals surface area contributed by atoms with E-state index in [-0.39, 0.29) is 0 Å². The molecule has 252 valence electrons. The van der Waals surface area contributed by atoms with Crippen LogP contribution in [0.25, 0.3) is 0 Å².